The van der Waals surface area contributed by atoms with Crippen molar-refractivity contribution in [1.29, 1.82) is 0 Å². The van der Waals surface area contributed by atoms with Crippen LogP contribution in [0.25, 0.3) is 10.8 Å². The fraction of sp³-hybridized carbons (Fsp3) is 0.389. The van der Waals surface area contributed by atoms with Crippen LogP contribution in [0.1, 0.15) is 25.5 Å². The van der Waals surface area contributed by atoms with Gasteiger partial charge >= 0.3 is 6.18 Å². The molecule has 0 unspecified atom stereocenters. The molecular weight excluding hydrogens is 333 g/mol. The second-order valence-electron chi connectivity index (χ2n) is 6.83. The predicted octanol–water partition coefficient (Wildman–Crippen LogP) is 3.82. The minimum Gasteiger partial charge on any atom is -0.497 e. The van der Waals surface area contributed by atoms with E-state index in [1.54, 1.807) is 44.2 Å². The molecule has 1 saturated heterocycles. The van der Waals surface area contributed by atoms with Crippen LogP contribution in [0.2, 0.25) is 0 Å². The molecule has 0 aliphatic carbocycles. The maximum atomic E-state index is 13.9. The number of carbonyl (C=O) groups excluding carboxylic acids is 1. The molecular formula is C18H19F3N2O2. The SMILES string of the molecule is COc1ccc2cccc([C@H](N3CC(C)(C)C(=O)N3)C(F)(F)F)c2c1. The van der Waals surface area contributed by atoms with Gasteiger partial charge in [-0.15, -0.1) is 0 Å². The fourth-order valence-corrected chi connectivity index (χ4v) is 3.14. The second kappa shape index (κ2) is 5.91. The van der Waals surface area contributed by atoms with Crippen LogP contribution in [0, 0.1) is 5.41 Å². The van der Waals surface area contributed by atoms with Gasteiger partial charge in [-0.1, -0.05) is 24.3 Å². The molecule has 4 nitrogen and oxygen atoms in total. The molecule has 1 atom stereocenters. The van der Waals surface area contributed by atoms with Gasteiger partial charge in [0.1, 0.15) is 5.75 Å². The predicted molar refractivity (Wildman–Crippen MR) is 87.9 cm³/mol. The largest absolute Gasteiger partial charge is 0.497 e. The molecule has 0 bridgehead atoms. The van der Waals surface area contributed by atoms with E-state index in [1.165, 1.54) is 13.2 Å². The smallest absolute Gasteiger partial charge is 0.409 e. The van der Waals surface area contributed by atoms with Gasteiger partial charge in [0.2, 0.25) is 5.91 Å². The van der Waals surface area contributed by atoms with Gasteiger partial charge in [-0.05, 0) is 42.3 Å². The summed E-state index contributed by atoms with van der Waals surface area (Å²) in [5, 5.41) is 2.11. The Bertz CT molecular complexity index is 818. The monoisotopic (exact) mass is 352 g/mol. The van der Waals surface area contributed by atoms with E-state index in [-0.39, 0.29) is 12.1 Å². The molecule has 7 heteroatoms. The molecule has 0 aromatic heterocycles. The van der Waals surface area contributed by atoms with Crippen molar-refractivity contribution in [3.63, 3.8) is 0 Å². The molecule has 1 aliphatic rings. The van der Waals surface area contributed by atoms with Crippen LogP contribution < -0.4 is 10.2 Å². The Morgan fingerprint density at radius 1 is 1.24 bits per heavy atom. The van der Waals surface area contributed by atoms with E-state index in [9.17, 15) is 18.0 Å². The van der Waals surface area contributed by atoms with Gasteiger partial charge in [-0.2, -0.15) is 13.2 Å². The number of alkyl halides is 3. The van der Waals surface area contributed by atoms with Crippen molar-refractivity contribution < 1.29 is 22.7 Å². The summed E-state index contributed by atoms with van der Waals surface area (Å²) in [6.07, 6.45) is -4.55. The number of rotatable bonds is 3. The number of nitrogens with zero attached hydrogens (tertiary/aromatic N) is 1. The molecule has 1 N–H and O–H groups in total. The normalized spacial score (nSPS) is 19.0. The molecule has 0 radical (unpaired) electrons. The third-order valence-corrected chi connectivity index (χ3v) is 4.46. The highest BCUT2D eigenvalue weighted by Gasteiger charge is 2.51. The van der Waals surface area contributed by atoms with Crippen LogP contribution in [0.5, 0.6) is 5.75 Å². The third-order valence-electron chi connectivity index (χ3n) is 4.46. The van der Waals surface area contributed by atoms with Crippen molar-refractivity contribution in [2.75, 3.05) is 13.7 Å². The number of carbonyl (C=O) groups is 1. The topological polar surface area (TPSA) is 41.6 Å². The first-order chi connectivity index (χ1) is 11.6. The highest BCUT2D eigenvalue weighted by molar-refractivity contribution is 5.88. The van der Waals surface area contributed by atoms with E-state index in [1.807, 2.05) is 0 Å². The van der Waals surface area contributed by atoms with E-state index in [2.05, 4.69) is 5.43 Å². The average molecular weight is 352 g/mol. The lowest BCUT2D eigenvalue weighted by molar-refractivity contribution is -0.191. The van der Waals surface area contributed by atoms with Crippen molar-refractivity contribution in [3.05, 3.63) is 42.0 Å². The molecule has 2 aromatic rings. The van der Waals surface area contributed by atoms with Crippen LogP contribution in [-0.2, 0) is 4.79 Å². The van der Waals surface area contributed by atoms with Crippen molar-refractivity contribution in [1.82, 2.24) is 10.4 Å². The summed E-state index contributed by atoms with van der Waals surface area (Å²) < 4.78 is 46.9. The zero-order valence-electron chi connectivity index (χ0n) is 14.1. The van der Waals surface area contributed by atoms with Gasteiger partial charge in [0.15, 0.2) is 6.04 Å². The number of nitrogens with one attached hydrogen (secondary N) is 1. The van der Waals surface area contributed by atoms with Gasteiger partial charge in [0.25, 0.3) is 0 Å². The second-order valence-corrected chi connectivity index (χ2v) is 6.83. The highest BCUT2D eigenvalue weighted by Crippen LogP contribution is 2.43. The number of fused-ring (bicyclic) bond motifs is 1. The lowest BCUT2D eigenvalue weighted by atomic mass is 9.93. The summed E-state index contributed by atoms with van der Waals surface area (Å²) in [5.74, 6) is 0.0613. The Balaban J connectivity index is 2.15. The van der Waals surface area contributed by atoms with Crippen molar-refractivity contribution in [3.8, 4) is 5.75 Å². The first-order valence-electron chi connectivity index (χ1n) is 7.84. The van der Waals surface area contributed by atoms with E-state index in [4.69, 9.17) is 4.74 Å². The number of hydrogen-bond donors (Lipinski definition) is 1. The molecule has 25 heavy (non-hydrogen) atoms. The van der Waals surface area contributed by atoms with E-state index < -0.39 is 23.5 Å². The highest BCUT2D eigenvalue weighted by atomic mass is 19.4. The third kappa shape index (κ3) is 3.16. The van der Waals surface area contributed by atoms with Gasteiger partial charge in [-0.3, -0.25) is 10.2 Å². The van der Waals surface area contributed by atoms with Crippen molar-refractivity contribution in [2.45, 2.75) is 26.1 Å². The lowest BCUT2D eigenvalue weighted by Gasteiger charge is -2.30. The van der Waals surface area contributed by atoms with E-state index >= 15 is 0 Å². The number of hydrogen-bond acceptors (Lipinski definition) is 3. The number of ether oxygens (including phenoxy) is 1. The zero-order valence-corrected chi connectivity index (χ0v) is 14.1. The first-order valence-corrected chi connectivity index (χ1v) is 7.84. The fourth-order valence-electron chi connectivity index (χ4n) is 3.14. The summed E-state index contributed by atoms with van der Waals surface area (Å²) in [6.45, 7) is 3.22. The van der Waals surface area contributed by atoms with E-state index in [0.29, 0.717) is 16.5 Å². The Kier molecular flexibility index (Phi) is 4.15. The van der Waals surface area contributed by atoms with Crippen LogP contribution in [0.3, 0.4) is 0 Å². The Labute approximate surface area is 143 Å². The van der Waals surface area contributed by atoms with Gasteiger partial charge in [0.05, 0.1) is 12.5 Å². The molecule has 0 saturated carbocycles. The number of methoxy groups -OCH3 is 1. The molecule has 1 aliphatic heterocycles. The first kappa shape index (κ1) is 17.5. The van der Waals surface area contributed by atoms with Crippen molar-refractivity contribution in [2.24, 2.45) is 5.41 Å². The minimum absolute atomic E-state index is 0.0314. The summed E-state index contributed by atoms with van der Waals surface area (Å²) in [6, 6.07) is 7.86. The van der Waals surface area contributed by atoms with Crippen LogP contribution in [-0.4, -0.2) is 30.7 Å². The summed E-state index contributed by atoms with van der Waals surface area (Å²) in [4.78, 5) is 12.0. The molecule has 1 amide bonds. The maximum absolute atomic E-state index is 13.9. The standard InChI is InChI=1S/C18H19F3N2O2/c1-17(2)10-23(22-16(17)24)15(18(19,20)21)13-6-4-5-11-7-8-12(25-3)9-14(11)13/h4-9,15H,10H2,1-3H3,(H,22,24)/t15-/m0/s1. The number of halogens is 3. The summed E-state index contributed by atoms with van der Waals surface area (Å²) >= 11 is 0. The number of benzene rings is 2. The van der Waals surface area contributed by atoms with Crippen molar-refractivity contribution >= 4 is 16.7 Å². The molecule has 2 aromatic carbocycles. The van der Waals surface area contributed by atoms with Crippen LogP contribution in [0.15, 0.2) is 36.4 Å². The molecule has 1 fully saturated rings. The Morgan fingerprint density at radius 3 is 2.52 bits per heavy atom. The summed E-state index contributed by atoms with van der Waals surface area (Å²) in [7, 11) is 1.47. The van der Waals surface area contributed by atoms with Gasteiger partial charge in [-0.25, -0.2) is 5.01 Å². The molecule has 3 rings (SSSR count). The van der Waals surface area contributed by atoms with Crippen LogP contribution in [0.4, 0.5) is 13.2 Å². The zero-order chi connectivity index (χ0) is 18.4. The number of hydrazine groups is 1. The lowest BCUT2D eigenvalue weighted by Crippen LogP contribution is -2.43. The summed E-state index contributed by atoms with van der Waals surface area (Å²) in [5.41, 5.74) is 1.59. The number of amides is 1. The Morgan fingerprint density at radius 2 is 1.96 bits per heavy atom. The van der Waals surface area contributed by atoms with Gasteiger partial charge < -0.3 is 4.74 Å². The van der Waals surface area contributed by atoms with Crippen LogP contribution >= 0.6 is 0 Å². The molecule has 1 heterocycles. The quantitative estimate of drug-likeness (QED) is 0.913. The molecule has 0 spiro atoms. The average Bonchev–Trinajstić information content (AvgIpc) is 2.78. The van der Waals surface area contributed by atoms with E-state index in [0.717, 1.165) is 5.01 Å². The molecule has 134 valence electrons. The Hall–Kier alpha value is -2.28. The maximum Gasteiger partial charge on any atom is 0.409 e. The minimum atomic E-state index is -4.55. The van der Waals surface area contributed by atoms with Gasteiger partial charge in [0, 0.05) is 6.54 Å².